The van der Waals surface area contributed by atoms with Crippen LogP contribution in [0, 0.1) is 5.82 Å². The van der Waals surface area contributed by atoms with Crippen molar-refractivity contribution in [3.63, 3.8) is 0 Å². The molecule has 1 saturated heterocycles. The summed E-state index contributed by atoms with van der Waals surface area (Å²) in [6.07, 6.45) is 1.93. The third-order valence-electron chi connectivity index (χ3n) is 3.51. The molecule has 3 heteroatoms. The number of ether oxygens (including phenoxy) is 1. The van der Waals surface area contributed by atoms with Crippen molar-refractivity contribution in [1.82, 2.24) is 0 Å². The molecule has 3 rings (SSSR count). The Morgan fingerprint density at radius 3 is 2.55 bits per heavy atom. The van der Waals surface area contributed by atoms with Crippen LogP contribution < -0.4 is 0 Å². The van der Waals surface area contributed by atoms with Gasteiger partial charge >= 0.3 is 0 Å². The molecule has 2 aromatic carbocycles. The van der Waals surface area contributed by atoms with Crippen LogP contribution in [-0.4, -0.2) is 11.9 Å². The highest BCUT2D eigenvalue weighted by atomic mass is 32.2. The van der Waals surface area contributed by atoms with Gasteiger partial charge in [0.05, 0.1) is 6.10 Å². The van der Waals surface area contributed by atoms with E-state index in [4.69, 9.17) is 4.74 Å². The number of benzene rings is 2. The Kier molecular flexibility index (Phi) is 4.38. The Balaban J connectivity index is 1.83. The van der Waals surface area contributed by atoms with Crippen LogP contribution in [0.4, 0.5) is 4.39 Å². The van der Waals surface area contributed by atoms with Gasteiger partial charge in [0, 0.05) is 22.3 Å². The summed E-state index contributed by atoms with van der Waals surface area (Å²) in [6.45, 7) is 0.713. The van der Waals surface area contributed by atoms with Crippen molar-refractivity contribution in [1.29, 1.82) is 0 Å². The molecule has 0 bridgehead atoms. The topological polar surface area (TPSA) is 9.23 Å². The normalized spacial score (nSPS) is 22.6. The molecule has 2 atom stereocenters. The SMILES string of the molecule is Fc1ccccc1[C@H]1OCCC[C@@H]1Sc1ccccc1. The van der Waals surface area contributed by atoms with Gasteiger partial charge < -0.3 is 4.74 Å². The van der Waals surface area contributed by atoms with E-state index in [-0.39, 0.29) is 17.2 Å². The van der Waals surface area contributed by atoms with E-state index >= 15 is 0 Å². The standard InChI is InChI=1S/C17H17FOS/c18-15-10-5-4-9-14(15)17-16(11-6-12-19-17)20-13-7-2-1-3-8-13/h1-5,7-10,16-17H,6,11-12H2/t16-,17+/m0/s1. The number of halogens is 1. The molecule has 0 amide bonds. The monoisotopic (exact) mass is 288 g/mol. The first kappa shape index (κ1) is 13.7. The van der Waals surface area contributed by atoms with Crippen molar-refractivity contribution < 1.29 is 9.13 Å². The van der Waals surface area contributed by atoms with E-state index in [1.807, 2.05) is 30.3 Å². The maximum absolute atomic E-state index is 14.0. The van der Waals surface area contributed by atoms with E-state index in [9.17, 15) is 4.39 Å². The largest absolute Gasteiger partial charge is 0.372 e. The van der Waals surface area contributed by atoms with Crippen LogP contribution in [0.15, 0.2) is 59.5 Å². The van der Waals surface area contributed by atoms with E-state index in [1.54, 1.807) is 17.8 Å². The average molecular weight is 288 g/mol. The predicted molar refractivity (Wildman–Crippen MR) is 80.4 cm³/mol. The van der Waals surface area contributed by atoms with Crippen molar-refractivity contribution in [2.45, 2.75) is 29.1 Å². The number of rotatable bonds is 3. The lowest BCUT2D eigenvalue weighted by Crippen LogP contribution is -2.25. The maximum Gasteiger partial charge on any atom is 0.129 e. The summed E-state index contributed by atoms with van der Waals surface area (Å²) >= 11 is 1.78. The first-order valence-corrected chi connectivity index (χ1v) is 7.80. The van der Waals surface area contributed by atoms with E-state index in [0.29, 0.717) is 12.2 Å². The summed E-state index contributed by atoms with van der Waals surface area (Å²) in [7, 11) is 0. The van der Waals surface area contributed by atoms with Crippen LogP contribution in [0.3, 0.4) is 0 Å². The summed E-state index contributed by atoms with van der Waals surface area (Å²) in [5.41, 5.74) is 0.681. The van der Waals surface area contributed by atoms with Crippen LogP contribution in [0.2, 0.25) is 0 Å². The smallest absolute Gasteiger partial charge is 0.129 e. The van der Waals surface area contributed by atoms with Crippen LogP contribution in [0.5, 0.6) is 0 Å². The highest BCUT2D eigenvalue weighted by Crippen LogP contribution is 2.40. The Morgan fingerprint density at radius 1 is 1.00 bits per heavy atom. The molecular formula is C17H17FOS. The molecule has 1 aliphatic rings. The second-order valence-corrected chi connectivity index (χ2v) is 6.24. The minimum atomic E-state index is -0.168. The van der Waals surface area contributed by atoms with Crippen molar-refractivity contribution in [2.75, 3.05) is 6.61 Å². The minimum Gasteiger partial charge on any atom is -0.372 e. The summed E-state index contributed by atoms with van der Waals surface area (Å²) in [4.78, 5) is 1.21. The van der Waals surface area contributed by atoms with Gasteiger partial charge in [-0.3, -0.25) is 0 Å². The highest BCUT2D eigenvalue weighted by molar-refractivity contribution is 8.00. The van der Waals surface area contributed by atoms with Crippen LogP contribution in [-0.2, 0) is 4.74 Å². The van der Waals surface area contributed by atoms with Gasteiger partial charge in [0.15, 0.2) is 0 Å². The van der Waals surface area contributed by atoms with E-state index in [2.05, 4.69) is 12.1 Å². The van der Waals surface area contributed by atoms with Crippen LogP contribution in [0.25, 0.3) is 0 Å². The number of hydrogen-bond acceptors (Lipinski definition) is 2. The summed E-state index contributed by atoms with van der Waals surface area (Å²) in [5, 5.41) is 0.267. The molecule has 20 heavy (non-hydrogen) atoms. The molecule has 1 aliphatic heterocycles. The summed E-state index contributed by atoms with van der Waals surface area (Å²) < 4.78 is 19.9. The fourth-order valence-corrected chi connectivity index (χ4v) is 3.84. The van der Waals surface area contributed by atoms with Crippen LogP contribution in [0.1, 0.15) is 24.5 Å². The lowest BCUT2D eigenvalue weighted by molar-refractivity contribution is 0.0180. The Labute approximate surface area is 123 Å². The van der Waals surface area contributed by atoms with E-state index in [1.165, 1.54) is 11.0 Å². The molecule has 1 fully saturated rings. The number of thioether (sulfide) groups is 1. The maximum atomic E-state index is 14.0. The van der Waals surface area contributed by atoms with Gasteiger partial charge in [-0.25, -0.2) is 4.39 Å². The van der Waals surface area contributed by atoms with Gasteiger partial charge in [0.2, 0.25) is 0 Å². The van der Waals surface area contributed by atoms with Gasteiger partial charge in [0.1, 0.15) is 5.82 Å². The van der Waals surface area contributed by atoms with Crippen molar-refractivity contribution in [3.05, 3.63) is 66.0 Å². The van der Waals surface area contributed by atoms with Gasteiger partial charge in [-0.05, 0) is 31.0 Å². The quantitative estimate of drug-likeness (QED) is 0.799. The summed E-state index contributed by atoms with van der Waals surface area (Å²) in [5.74, 6) is -0.168. The second-order valence-electron chi connectivity index (χ2n) is 4.92. The predicted octanol–water partition coefficient (Wildman–Crippen LogP) is 4.84. The molecule has 104 valence electrons. The average Bonchev–Trinajstić information content (AvgIpc) is 2.50. The molecule has 0 aliphatic carbocycles. The second kappa shape index (κ2) is 6.42. The van der Waals surface area contributed by atoms with Gasteiger partial charge in [-0.1, -0.05) is 36.4 Å². The van der Waals surface area contributed by atoms with Crippen molar-refractivity contribution >= 4 is 11.8 Å². The third kappa shape index (κ3) is 3.05. The zero-order valence-electron chi connectivity index (χ0n) is 11.2. The lowest BCUT2D eigenvalue weighted by atomic mass is 10.0. The molecule has 0 radical (unpaired) electrons. The van der Waals surface area contributed by atoms with Crippen LogP contribution >= 0.6 is 11.8 Å². The zero-order valence-corrected chi connectivity index (χ0v) is 12.0. The molecule has 1 heterocycles. The van der Waals surface area contributed by atoms with E-state index < -0.39 is 0 Å². The Morgan fingerprint density at radius 2 is 1.75 bits per heavy atom. The molecular weight excluding hydrogens is 271 g/mol. The molecule has 0 unspecified atom stereocenters. The number of hydrogen-bond donors (Lipinski definition) is 0. The van der Waals surface area contributed by atoms with Gasteiger partial charge in [0.25, 0.3) is 0 Å². The highest BCUT2D eigenvalue weighted by Gasteiger charge is 2.30. The fraction of sp³-hybridized carbons (Fsp3) is 0.294. The van der Waals surface area contributed by atoms with Crippen molar-refractivity contribution in [3.8, 4) is 0 Å². The van der Waals surface area contributed by atoms with Crippen molar-refractivity contribution in [2.24, 2.45) is 0 Å². The first-order valence-electron chi connectivity index (χ1n) is 6.92. The zero-order chi connectivity index (χ0) is 13.8. The Bertz CT molecular complexity index is 558. The summed E-state index contributed by atoms with van der Waals surface area (Å²) in [6, 6.07) is 17.2. The molecule has 2 aromatic rings. The lowest BCUT2D eigenvalue weighted by Gasteiger charge is -2.31. The minimum absolute atomic E-state index is 0.157. The van der Waals surface area contributed by atoms with Gasteiger partial charge in [-0.2, -0.15) is 0 Å². The molecule has 1 nitrogen and oxygen atoms in total. The Hall–Kier alpha value is -1.32. The molecule has 0 aromatic heterocycles. The van der Waals surface area contributed by atoms with Gasteiger partial charge in [-0.15, -0.1) is 11.8 Å². The van der Waals surface area contributed by atoms with E-state index in [0.717, 1.165) is 12.8 Å². The molecule has 0 spiro atoms. The fourth-order valence-electron chi connectivity index (χ4n) is 2.54. The molecule has 0 saturated carbocycles. The first-order chi connectivity index (χ1) is 9.84. The molecule has 0 N–H and O–H groups in total. The third-order valence-corrected chi connectivity index (χ3v) is 4.84.